The van der Waals surface area contributed by atoms with Crippen LogP contribution in [0, 0.1) is 0 Å². The second-order valence-electron chi connectivity index (χ2n) is 8.21. The summed E-state index contributed by atoms with van der Waals surface area (Å²) < 4.78 is 79.5. The number of carboxylic acids is 1. The number of carbonyl (C=O) groups is 2. The summed E-state index contributed by atoms with van der Waals surface area (Å²) in [5, 5.41) is 9.81. The fourth-order valence-corrected chi connectivity index (χ4v) is 3.92. The Morgan fingerprint density at radius 3 is 2.17 bits per heavy atom. The summed E-state index contributed by atoms with van der Waals surface area (Å²) in [4.78, 5) is 28.2. The monoisotopic (exact) mass is 500 g/mol. The summed E-state index contributed by atoms with van der Waals surface area (Å²) in [6.45, 7) is 0. The van der Waals surface area contributed by atoms with Crippen LogP contribution >= 0.6 is 0 Å². The second kappa shape index (κ2) is 10.0. The Hall–Kier alpha value is -3.50. The van der Waals surface area contributed by atoms with Gasteiger partial charge in [0.2, 0.25) is 0 Å². The molecule has 0 saturated heterocycles. The summed E-state index contributed by atoms with van der Waals surface area (Å²) >= 11 is 0. The number of benzene rings is 2. The van der Waals surface area contributed by atoms with Gasteiger partial charge in [0.1, 0.15) is 0 Å². The van der Waals surface area contributed by atoms with Crippen LogP contribution in [0.1, 0.15) is 46.3 Å². The number of aromatic nitrogens is 1. The molecule has 1 amide bonds. The fraction of sp³-hybridized carbons (Fsp3) is 0.333. The molecule has 188 valence electrons. The molecule has 3 aromatic rings. The van der Waals surface area contributed by atoms with Gasteiger partial charge in [0.25, 0.3) is 5.91 Å². The van der Waals surface area contributed by atoms with E-state index in [-0.39, 0.29) is 31.7 Å². The van der Waals surface area contributed by atoms with E-state index in [1.807, 2.05) is 18.2 Å². The first kappa shape index (κ1) is 26.1. The van der Waals surface area contributed by atoms with Crippen molar-refractivity contribution in [2.45, 2.75) is 44.1 Å². The van der Waals surface area contributed by atoms with E-state index in [9.17, 15) is 35.9 Å². The number of rotatable bonds is 8. The van der Waals surface area contributed by atoms with Gasteiger partial charge in [-0.3, -0.25) is 9.59 Å². The van der Waals surface area contributed by atoms with Crippen LogP contribution in [-0.2, 0) is 23.6 Å². The van der Waals surface area contributed by atoms with Crippen molar-refractivity contribution in [3.8, 4) is 0 Å². The number of aromatic amines is 1. The Balaban J connectivity index is 1.96. The maximum Gasteiger partial charge on any atom is 0.416 e. The van der Waals surface area contributed by atoms with Gasteiger partial charge in [-0.15, -0.1) is 0 Å². The number of para-hydroxylation sites is 1. The Morgan fingerprint density at radius 1 is 1.00 bits per heavy atom. The average Bonchev–Trinajstić information content (AvgIpc) is 3.18. The molecule has 2 aromatic carbocycles. The molecule has 0 bridgehead atoms. The van der Waals surface area contributed by atoms with Crippen molar-refractivity contribution in [2.75, 3.05) is 7.05 Å². The predicted molar refractivity (Wildman–Crippen MR) is 116 cm³/mol. The van der Waals surface area contributed by atoms with Crippen LogP contribution in [0.4, 0.5) is 26.3 Å². The molecule has 0 aliphatic rings. The molecule has 1 atom stereocenters. The van der Waals surface area contributed by atoms with Crippen LogP contribution < -0.4 is 0 Å². The summed E-state index contributed by atoms with van der Waals surface area (Å²) in [6, 6.07) is 7.36. The number of H-pyrrole nitrogens is 1. The molecule has 0 spiro atoms. The molecule has 1 heterocycles. The molecular weight excluding hydrogens is 478 g/mol. The highest BCUT2D eigenvalue weighted by atomic mass is 19.4. The van der Waals surface area contributed by atoms with Crippen molar-refractivity contribution < 1.29 is 41.0 Å². The largest absolute Gasteiger partial charge is 0.481 e. The van der Waals surface area contributed by atoms with Crippen molar-refractivity contribution in [3.63, 3.8) is 0 Å². The summed E-state index contributed by atoms with van der Waals surface area (Å²) in [5.41, 5.74) is -2.32. The fourth-order valence-electron chi connectivity index (χ4n) is 3.92. The summed E-state index contributed by atoms with van der Waals surface area (Å²) in [7, 11) is 1.29. The topological polar surface area (TPSA) is 73.4 Å². The molecule has 0 aliphatic carbocycles. The maximum atomic E-state index is 13.3. The Bertz CT molecular complexity index is 1180. The molecule has 35 heavy (non-hydrogen) atoms. The molecule has 3 rings (SSSR count). The molecule has 0 saturated carbocycles. The number of alkyl halides is 6. The summed E-state index contributed by atoms with van der Waals surface area (Å²) in [6.07, 6.45) is -8.10. The van der Waals surface area contributed by atoms with Crippen LogP contribution in [0.25, 0.3) is 10.9 Å². The van der Waals surface area contributed by atoms with Gasteiger partial charge >= 0.3 is 18.3 Å². The zero-order chi connectivity index (χ0) is 26.0. The van der Waals surface area contributed by atoms with Crippen LogP contribution in [0.3, 0.4) is 0 Å². The van der Waals surface area contributed by atoms with Gasteiger partial charge in [-0.25, -0.2) is 0 Å². The third-order valence-corrected chi connectivity index (χ3v) is 5.76. The number of aliphatic carboxylic acids is 1. The van der Waals surface area contributed by atoms with Gasteiger partial charge < -0.3 is 15.0 Å². The molecule has 0 fully saturated rings. The normalized spacial score (nSPS) is 13.1. The predicted octanol–water partition coefficient (Wildman–Crippen LogP) is 6.14. The smallest absolute Gasteiger partial charge is 0.416 e. The number of likely N-dealkylation sites (N-methyl/N-ethyl adjacent to an activating group) is 1. The van der Waals surface area contributed by atoms with Crippen molar-refractivity contribution in [1.29, 1.82) is 0 Å². The van der Waals surface area contributed by atoms with Crippen molar-refractivity contribution in [1.82, 2.24) is 9.88 Å². The number of amides is 1. The van der Waals surface area contributed by atoms with Crippen molar-refractivity contribution in [2.24, 2.45) is 0 Å². The first-order valence-corrected chi connectivity index (χ1v) is 10.6. The number of carboxylic acid groups (broad SMARTS) is 1. The van der Waals surface area contributed by atoms with E-state index in [4.69, 9.17) is 5.11 Å². The van der Waals surface area contributed by atoms with Gasteiger partial charge in [-0.05, 0) is 49.1 Å². The Kier molecular flexibility index (Phi) is 7.47. The number of hydrogen-bond donors (Lipinski definition) is 2. The Labute approximate surface area is 196 Å². The van der Waals surface area contributed by atoms with Crippen LogP contribution in [-0.4, -0.2) is 40.0 Å². The molecule has 0 radical (unpaired) electrons. The van der Waals surface area contributed by atoms with E-state index in [1.165, 1.54) is 7.05 Å². The standard InChI is InChI=1S/C24H22F6N2O3/c1-32(22(35)14-9-16(23(25,26)27)12-17(10-14)24(28,29)30)18(5-4-8-21(33)34)11-15-13-31-20-7-3-2-6-19(15)20/h2-3,6-7,9-10,12-13,18,31H,4-5,8,11H2,1H3,(H,33,34). The third kappa shape index (κ3) is 6.34. The number of halogens is 6. The van der Waals surface area contributed by atoms with Crippen LogP contribution in [0.15, 0.2) is 48.7 Å². The van der Waals surface area contributed by atoms with E-state index in [0.29, 0.717) is 12.1 Å². The van der Waals surface area contributed by atoms with Gasteiger partial charge in [0, 0.05) is 42.2 Å². The highest BCUT2D eigenvalue weighted by molar-refractivity contribution is 5.95. The lowest BCUT2D eigenvalue weighted by molar-refractivity contribution is -0.143. The minimum absolute atomic E-state index is 0.0347. The van der Waals surface area contributed by atoms with E-state index >= 15 is 0 Å². The number of hydrogen-bond acceptors (Lipinski definition) is 2. The lowest BCUT2D eigenvalue weighted by atomic mass is 9.97. The first-order valence-electron chi connectivity index (χ1n) is 10.6. The van der Waals surface area contributed by atoms with Gasteiger partial charge in [-0.1, -0.05) is 18.2 Å². The Morgan fingerprint density at radius 2 is 1.60 bits per heavy atom. The van der Waals surface area contributed by atoms with Gasteiger partial charge in [0.05, 0.1) is 11.1 Å². The maximum absolute atomic E-state index is 13.3. The second-order valence-corrected chi connectivity index (χ2v) is 8.21. The van der Waals surface area contributed by atoms with Crippen molar-refractivity contribution >= 4 is 22.8 Å². The van der Waals surface area contributed by atoms with Crippen LogP contribution in [0.2, 0.25) is 0 Å². The molecule has 5 nitrogen and oxygen atoms in total. The van der Waals surface area contributed by atoms with E-state index in [0.717, 1.165) is 21.4 Å². The highest BCUT2D eigenvalue weighted by Gasteiger charge is 2.38. The number of carbonyl (C=O) groups excluding carboxylic acids is 1. The van der Waals surface area contributed by atoms with E-state index in [1.54, 1.807) is 12.3 Å². The SMILES string of the molecule is CN(C(=O)c1cc(C(F)(F)F)cc(C(F)(F)F)c1)C(CCCC(=O)O)Cc1c[nH]c2ccccc12. The lowest BCUT2D eigenvalue weighted by Gasteiger charge is -2.29. The molecule has 11 heteroatoms. The van der Waals surface area contributed by atoms with Gasteiger partial charge in [0.15, 0.2) is 0 Å². The van der Waals surface area contributed by atoms with Gasteiger partial charge in [-0.2, -0.15) is 26.3 Å². The number of fused-ring (bicyclic) bond motifs is 1. The van der Waals surface area contributed by atoms with Crippen LogP contribution in [0.5, 0.6) is 0 Å². The minimum atomic E-state index is -5.08. The van der Waals surface area contributed by atoms with E-state index < -0.39 is 47.0 Å². The lowest BCUT2D eigenvalue weighted by Crippen LogP contribution is -2.39. The quantitative estimate of drug-likeness (QED) is 0.365. The number of nitrogens with one attached hydrogen (secondary N) is 1. The molecule has 0 aliphatic heterocycles. The average molecular weight is 500 g/mol. The summed E-state index contributed by atoms with van der Waals surface area (Å²) in [5.74, 6) is -2.08. The zero-order valence-corrected chi connectivity index (χ0v) is 18.5. The van der Waals surface area contributed by atoms with E-state index in [2.05, 4.69) is 4.98 Å². The first-order chi connectivity index (χ1) is 16.3. The third-order valence-electron chi connectivity index (χ3n) is 5.76. The minimum Gasteiger partial charge on any atom is -0.481 e. The molecule has 2 N–H and O–H groups in total. The molecule has 1 aromatic heterocycles. The highest BCUT2D eigenvalue weighted by Crippen LogP contribution is 2.36. The number of nitrogens with zero attached hydrogens (tertiary/aromatic N) is 1. The molecular formula is C24H22F6N2O3. The van der Waals surface area contributed by atoms with Crippen molar-refractivity contribution in [3.05, 3.63) is 70.9 Å². The zero-order valence-electron chi connectivity index (χ0n) is 18.5. The molecule has 1 unspecified atom stereocenters.